The third-order valence-electron chi connectivity index (χ3n) is 2.73. The molecule has 0 spiro atoms. The highest BCUT2D eigenvalue weighted by molar-refractivity contribution is 6.17. The second kappa shape index (κ2) is 3.13. The maximum absolute atomic E-state index is 11.2. The summed E-state index contributed by atoms with van der Waals surface area (Å²) in [6.45, 7) is 1.72. The molecule has 0 aromatic heterocycles. The molecule has 2 fully saturated rings. The zero-order chi connectivity index (χ0) is 8.55. The van der Waals surface area contributed by atoms with Gasteiger partial charge in [-0.3, -0.25) is 0 Å². The average Bonchev–Trinajstić information content (AvgIpc) is 2.81. The second-order valence-corrected chi connectivity index (χ2v) is 3.73. The number of carbonyl (C=O) groups is 1. The minimum Gasteiger partial charge on any atom is -0.433 e. The van der Waals surface area contributed by atoms with E-state index in [2.05, 4.69) is 0 Å². The van der Waals surface area contributed by atoms with Crippen molar-refractivity contribution in [2.75, 3.05) is 19.2 Å². The molecule has 1 aliphatic heterocycles. The number of fused-ring (bicyclic) bond motifs is 1. The molecule has 3 nitrogen and oxygen atoms in total. The van der Waals surface area contributed by atoms with Crippen LogP contribution in [0.1, 0.15) is 12.8 Å². The summed E-state index contributed by atoms with van der Waals surface area (Å²) in [6, 6.07) is -0.0383. The lowest BCUT2D eigenvalue weighted by Gasteiger charge is -2.24. The molecular weight excluding hydrogens is 178 g/mol. The molecule has 2 atom stereocenters. The minimum absolute atomic E-state index is 0.0383. The molecule has 68 valence electrons. The van der Waals surface area contributed by atoms with Gasteiger partial charge in [-0.2, -0.15) is 0 Å². The van der Waals surface area contributed by atoms with Gasteiger partial charge in [0, 0.05) is 13.1 Å². The van der Waals surface area contributed by atoms with Gasteiger partial charge in [-0.1, -0.05) is 11.6 Å². The van der Waals surface area contributed by atoms with Crippen LogP contribution < -0.4 is 0 Å². The van der Waals surface area contributed by atoms with Crippen LogP contribution in [-0.2, 0) is 4.74 Å². The number of rotatable bonds is 1. The van der Waals surface area contributed by atoms with Gasteiger partial charge >= 0.3 is 6.09 Å². The SMILES string of the molecule is O=C(OCCl)N1CCC2CC2C1. The number of likely N-dealkylation sites (tertiary alicyclic amines) is 1. The molecule has 2 rings (SSSR count). The van der Waals surface area contributed by atoms with E-state index < -0.39 is 0 Å². The van der Waals surface area contributed by atoms with E-state index >= 15 is 0 Å². The van der Waals surface area contributed by atoms with E-state index in [4.69, 9.17) is 16.3 Å². The highest BCUT2D eigenvalue weighted by atomic mass is 35.5. The van der Waals surface area contributed by atoms with Crippen molar-refractivity contribution in [1.29, 1.82) is 0 Å². The zero-order valence-corrected chi connectivity index (χ0v) is 7.59. The lowest BCUT2D eigenvalue weighted by molar-refractivity contribution is 0.108. The van der Waals surface area contributed by atoms with Crippen LogP contribution in [0.25, 0.3) is 0 Å². The average molecular weight is 190 g/mol. The Kier molecular flexibility index (Phi) is 2.13. The van der Waals surface area contributed by atoms with Crippen molar-refractivity contribution in [3.8, 4) is 0 Å². The number of alkyl halides is 1. The van der Waals surface area contributed by atoms with E-state index in [0.29, 0.717) is 0 Å². The Hall–Kier alpha value is -0.440. The molecule has 1 saturated heterocycles. The summed E-state index contributed by atoms with van der Waals surface area (Å²) < 4.78 is 4.70. The molecule has 1 aliphatic carbocycles. The Morgan fingerprint density at radius 1 is 1.58 bits per heavy atom. The van der Waals surface area contributed by atoms with Gasteiger partial charge in [-0.25, -0.2) is 4.79 Å². The third-order valence-corrected chi connectivity index (χ3v) is 2.84. The fourth-order valence-electron chi connectivity index (χ4n) is 1.89. The van der Waals surface area contributed by atoms with Crippen LogP contribution in [0.4, 0.5) is 4.79 Å². The van der Waals surface area contributed by atoms with Gasteiger partial charge in [0.15, 0.2) is 6.07 Å². The van der Waals surface area contributed by atoms with Crippen LogP contribution in [0.5, 0.6) is 0 Å². The summed E-state index contributed by atoms with van der Waals surface area (Å²) in [5, 5.41) is 0. The smallest absolute Gasteiger partial charge is 0.410 e. The number of ether oxygens (including phenoxy) is 1. The Morgan fingerprint density at radius 2 is 2.42 bits per heavy atom. The first-order chi connectivity index (χ1) is 5.81. The fourth-order valence-corrected chi connectivity index (χ4v) is 1.98. The maximum Gasteiger partial charge on any atom is 0.410 e. The molecular formula is C8H12ClNO2. The predicted molar refractivity (Wildman–Crippen MR) is 45.0 cm³/mol. The van der Waals surface area contributed by atoms with Gasteiger partial charge in [0.2, 0.25) is 0 Å². The first-order valence-electron chi connectivity index (χ1n) is 4.29. The molecule has 2 unspecified atom stereocenters. The largest absolute Gasteiger partial charge is 0.433 e. The molecule has 2 aliphatic rings. The fraction of sp³-hybridized carbons (Fsp3) is 0.875. The summed E-state index contributed by atoms with van der Waals surface area (Å²) >= 11 is 5.29. The standard InChI is InChI=1S/C8H12ClNO2/c9-5-12-8(11)10-2-1-6-3-7(6)4-10/h6-7H,1-5H2. The highest BCUT2D eigenvalue weighted by Gasteiger charge is 2.42. The van der Waals surface area contributed by atoms with Crippen molar-refractivity contribution in [3.05, 3.63) is 0 Å². The Morgan fingerprint density at radius 3 is 3.08 bits per heavy atom. The summed E-state index contributed by atoms with van der Waals surface area (Å²) in [5.74, 6) is 1.65. The second-order valence-electron chi connectivity index (χ2n) is 3.51. The molecule has 1 amide bonds. The van der Waals surface area contributed by atoms with E-state index in [1.165, 1.54) is 6.42 Å². The lowest BCUT2D eigenvalue weighted by Crippen LogP contribution is -2.37. The van der Waals surface area contributed by atoms with Crippen LogP contribution in [0.3, 0.4) is 0 Å². The molecule has 0 aromatic carbocycles. The molecule has 0 bridgehead atoms. The van der Waals surface area contributed by atoms with Crippen molar-refractivity contribution in [2.24, 2.45) is 11.8 Å². The minimum atomic E-state index is -0.254. The number of hydrogen-bond donors (Lipinski definition) is 0. The number of amides is 1. The van der Waals surface area contributed by atoms with Crippen LogP contribution in [0.2, 0.25) is 0 Å². The number of piperidine rings is 1. The summed E-state index contributed by atoms with van der Waals surface area (Å²) in [4.78, 5) is 12.9. The van der Waals surface area contributed by atoms with Gasteiger partial charge in [0.05, 0.1) is 0 Å². The Balaban J connectivity index is 1.83. The van der Waals surface area contributed by atoms with Crippen LogP contribution in [0.15, 0.2) is 0 Å². The number of hydrogen-bond acceptors (Lipinski definition) is 2. The monoisotopic (exact) mass is 189 g/mol. The summed E-state index contributed by atoms with van der Waals surface area (Å²) in [7, 11) is 0. The first-order valence-corrected chi connectivity index (χ1v) is 4.82. The summed E-state index contributed by atoms with van der Waals surface area (Å²) in [5.41, 5.74) is 0. The van der Waals surface area contributed by atoms with Gasteiger partial charge in [0.25, 0.3) is 0 Å². The molecule has 12 heavy (non-hydrogen) atoms. The van der Waals surface area contributed by atoms with Crippen LogP contribution in [0, 0.1) is 11.8 Å². The van der Waals surface area contributed by atoms with Crippen molar-refractivity contribution in [3.63, 3.8) is 0 Å². The topological polar surface area (TPSA) is 29.5 Å². The zero-order valence-electron chi connectivity index (χ0n) is 6.83. The van der Waals surface area contributed by atoms with Gasteiger partial charge in [-0.05, 0) is 24.7 Å². The third kappa shape index (κ3) is 1.51. The van der Waals surface area contributed by atoms with Crippen molar-refractivity contribution in [1.82, 2.24) is 4.90 Å². The van der Waals surface area contributed by atoms with E-state index in [9.17, 15) is 4.79 Å². The van der Waals surface area contributed by atoms with Gasteiger partial charge < -0.3 is 9.64 Å². The highest BCUT2D eigenvalue weighted by Crippen LogP contribution is 2.44. The van der Waals surface area contributed by atoms with Crippen molar-refractivity contribution < 1.29 is 9.53 Å². The molecule has 0 radical (unpaired) electrons. The van der Waals surface area contributed by atoms with E-state index in [1.54, 1.807) is 4.90 Å². The number of nitrogens with zero attached hydrogens (tertiary/aromatic N) is 1. The van der Waals surface area contributed by atoms with E-state index in [0.717, 1.165) is 31.3 Å². The summed E-state index contributed by atoms with van der Waals surface area (Å²) in [6.07, 6.45) is 2.18. The van der Waals surface area contributed by atoms with Crippen molar-refractivity contribution >= 4 is 17.7 Å². The number of halogens is 1. The Labute approximate surface area is 76.6 Å². The molecule has 1 saturated carbocycles. The quantitative estimate of drug-likeness (QED) is 0.588. The lowest BCUT2D eigenvalue weighted by atomic mass is 10.1. The predicted octanol–water partition coefficient (Wildman–Crippen LogP) is 1.66. The Bertz CT molecular complexity index is 197. The van der Waals surface area contributed by atoms with Gasteiger partial charge in [0.1, 0.15) is 0 Å². The molecule has 0 N–H and O–H groups in total. The van der Waals surface area contributed by atoms with E-state index in [1.807, 2.05) is 0 Å². The van der Waals surface area contributed by atoms with Crippen molar-refractivity contribution in [2.45, 2.75) is 12.8 Å². The number of carbonyl (C=O) groups excluding carboxylic acids is 1. The first kappa shape index (κ1) is 8.17. The molecule has 4 heteroatoms. The molecule has 1 heterocycles. The van der Waals surface area contributed by atoms with Gasteiger partial charge in [-0.15, -0.1) is 0 Å². The normalized spacial score (nSPS) is 32.6. The van der Waals surface area contributed by atoms with Crippen LogP contribution >= 0.6 is 11.6 Å². The maximum atomic E-state index is 11.2. The van der Waals surface area contributed by atoms with E-state index in [-0.39, 0.29) is 12.2 Å². The van der Waals surface area contributed by atoms with Crippen LogP contribution in [-0.4, -0.2) is 30.1 Å². The molecule has 0 aromatic rings.